The van der Waals surface area contributed by atoms with Crippen molar-refractivity contribution in [3.05, 3.63) is 29.8 Å². The summed E-state index contributed by atoms with van der Waals surface area (Å²) in [5.74, 6) is 0. The molecule has 17 heavy (non-hydrogen) atoms. The smallest absolute Gasteiger partial charge is 0.111 e. The predicted molar refractivity (Wildman–Crippen MR) is 67.5 cm³/mol. The maximum Gasteiger partial charge on any atom is 0.111 e. The monoisotopic (exact) mass is 239 g/mol. The first kappa shape index (κ1) is 14.0. The molecule has 0 heterocycles. The van der Waals surface area contributed by atoms with Crippen LogP contribution in [-0.2, 0) is 9.68 Å². The van der Waals surface area contributed by atoms with E-state index in [4.69, 9.17) is 9.68 Å². The first-order valence-electron chi connectivity index (χ1n) is 5.89. The summed E-state index contributed by atoms with van der Waals surface area (Å²) in [5.41, 5.74) is 1.98. The second-order valence-corrected chi connectivity index (χ2v) is 4.06. The van der Waals surface area contributed by atoms with Gasteiger partial charge < -0.3 is 5.11 Å². The number of hydrogen-bond donors (Lipinski definition) is 1. The molecule has 0 aliphatic rings. The third-order valence-electron chi connectivity index (χ3n) is 2.43. The Labute approximate surface area is 103 Å². The summed E-state index contributed by atoms with van der Waals surface area (Å²) in [6.45, 7) is 7.89. The largest absolute Gasteiger partial charge is 0.391 e. The molecule has 96 valence electrons. The summed E-state index contributed by atoms with van der Waals surface area (Å²) in [6.07, 6.45) is -0.883. The van der Waals surface area contributed by atoms with Crippen molar-refractivity contribution in [1.29, 1.82) is 0 Å². The van der Waals surface area contributed by atoms with E-state index in [1.54, 1.807) is 13.8 Å². The van der Waals surface area contributed by atoms with Crippen LogP contribution in [0.15, 0.2) is 24.3 Å². The van der Waals surface area contributed by atoms with Crippen LogP contribution < -0.4 is 5.23 Å². The van der Waals surface area contributed by atoms with Gasteiger partial charge in [0.2, 0.25) is 0 Å². The number of benzene rings is 1. The standard InChI is InChI=1S/C13H21NO3/c1-5-16-14(17-12(4)11(3)15)13-8-6-10(2)7-9-13/h6-9,11-12,15H,5H2,1-4H3. The molecule has 0 radical (unpaired) electrons. The highest BCUT2D eigenvalue weighted by atomic mass is 17.0. The highest BCUT2D eigenvalue weighted by molar-refractivity contribution is 5.43. The Kier molecular flexibility index (Phi) is 5.41. The van der Waals surface area contributed by atoms with E-state index >= 15 is 0 Å². The molecule has 4 heteroatoms. The molecular weight excluding hydrogens is 218 g/mol. The van der Waals surface area contributed by atoms with Crippen LogP contribution in [0.3, 0.4) is 0 Å². The maximum absolute atomic E-state index is 9.42. The van der Waals surface area contributed by atoms with Crippen LogP contribution in [0.1, 0.15) is 26.3 Å². The van der Waals surface area contributed by atoms with E-state index in [9.17, 15) is 5.11 Å². The summed E-state index contributed by atoms with van der Waals surface area (Å²) in [4.78, 5) is 10.9. The van der Waals surface area contributed by atoms with Crippen molar-refractivity contribution in [1.82, 2.24) is 0 Å². The average Bonchev–Trinajstić information content (AvgIpc) is 2.29. The Morgan fingerprint density at radius 3 is 2.29 bits per heavy atom. The number of nitrogens with zero attached hydrogens (tertiary/aromatic N) is 1. The topological polar surface area (TPSA) is 41.9 Å². The highest BCUT2D eigenvalue weighted by Gasteiger charge is 2.16. The Morgan fingerprint density at radius 2 is 1.82 bits per heavy atom. The first-order valence-corrected chi connectivity index (χ1v) is 5.89. The molecule has 0 aliphatic carbocycles. The van der Waals surface area contributed by atoms with Crippen molar-refractivity contribution in [3.8, 4) is 0 Å². The van der Waals surface area contributed by atoms with Crippen LogP contribution in [0, 0.1) is 6.92 Å². The Balaban J connectivity index is 2.74. The molecule has 0 fully saturated rings. The molecule has 1 aromatic rings. The van der Waals surface area contributed by atoms with E-state index in [2.05, 4.69) is 0 Å². The fourth-order valence-corrected chi connectivity index (χ4v) is 1.19. The first-order chi connectivity index (χ1) is 8.04. The predicted octanol–water partition coefficient (Wildman–Crippen LogP) is 2.45. The summed E-state index contributed by atoms with van der Waals surface area (Å²) >= 11 is 0. The Morgan fingerprint density at radius 1 is 1.24 bits per heavy atom. The molecule has 0 spiro atoms. The second kappa shape index (κ2) is 6.59. The van der Waals surface area contributed by atoms with Gasteiger partial charge in [-0.25, -0.2) is 9.68 Å². The molecule has 4 nitrogen and oxygen atoms in total. The number of hydrogen-bond acceptors (Lipinski definition) is 4. The van der Waals surface area contributed by atoms with Crippen molar-refractivity contribution in [3.63, 3.8) is 0 Å². The Bertz CT molecular complexity index is 324. The van der Waals surface area contributed by atoms with Gasteiger partial charge in [0.05, 0.1) is 18.4 Å². The fraction of sp³-hybridized carbons (Fsp3) is 0.538. The maximum atomic E-state index is 9.42. The van der Waals surface area contributed by atoms with Gasteiger partial charge in [0.15, 0.2) is 0 Å². The van der Waals surface area contributed by atoms with Crippen LogP contribution in [0.2, 0.25) is 0 Å². The van der Waals surface area contributed by atoms with Gasteiger partial charge in [-0.05, 0) is 39.8 Å². The summed E-state index contributed by atoms with van der Waals surface area (Å²) in [7, 11) is 0. The number of aliphatic hydroxyl groups excluding tert-OH is 1. The zero-order chi connectivity index (χ0) is 12.8. The lowest BCUT2D eigenvalue weighted by molar-refractivity contribution is -0.139. The Hall–Kier alpha value is -1.10. The summed E-state index contributed by atoms with van der Waals surface area (Å²) in [6, 6.07) is 7.80. The van der Waals surface area contributed by atoms with Crippen molar-refractivity contribution < 1.29 is 14.8 Å². The fourth-order valence-electron chi connectivity index (χ4n) is 1.19. The van der Waals surface area contributed by atoms with E-state index in [1.165, 1.54) is 10.8 Å². The molecule has 0 amide bonds. The third-order valence-corrected chi connectivity index (χ3v) is 2.43. The molecule has 0 aliphatic heterocycles. The molecule has 2 atom stereocenters. The van der Waals surface area contributed by atoms with Crippen LogP contribution in [0.5, 0.6) is 0 Å². The van der Waals surface area contributed by atoms with E-state index in [-0.39, 0.29) is 6.10 Å². The van der Waals surface area contributed by atoms with Gasteiger partial charge >= 0.3 is 0 Å². The van der Waals surface area contributed by atoms with Crippen molar-refractivity contribution >= 4 is 5.69 Å². The lowest BCUT2D eigenvalue weighted by Crippen LogP contribution is -2.34. The van der Waals surface area contributed by atoms with Crippen LogP contribution in [0.4, 0.5) is 5.69 Å². The molecule has 1 rings (SSSR count). The molecule has 1 aromatic carbocycles. The lowest BCUT2D eigenvalue weighted by atomic mass is 10.2. The molecule has 2 unspecified atom stereocenters. The van der Waals surface area contributed by atoms with Crippen molar-refractivity contribution in [2.75, 3.05) is 11.8 Å². The quantitative estimate of drug-likeness (QED) is 0.774. The lowest BCUT2D eigenvalue weighted by Gasteiger charge is -2.26. The molecule has 0 saturated carbocycles. The number of aryl methyl sites for hydroxylation is 1. The van der Waals surface area contributed by atoms with Gasteiger partial charge in [-0.2, -0.15) is 0 Å². The zero-order valence-electron chi connectivity index (χ0n) is 10.9. The van der Waals surface area contributed by atoms with Gasteiger partial charge in [0.25, 0.3) is 0 Å². The van der Waals surface area contributed by atoms with Gasteiger partial charge in [-0.15, -0.1) is 5.23 Å². The number of anilines is 1. The van der Waals surface area contributed by atoms with Gasteiger partial charge in [0.1, 0.15) is 6.10 Å². The van der Waals surface area contributed by atoms with Gasteiger partial charge in [-0.1, -0.05) is 17.7 Å². The van der Waals surface area contributed by atoms with Crippen molar-refractivity contribution in [2.24, 2.45) is 0 Å². The van der Waals surface area contributed by atoms with Crippen molar-refractivity contribution in [2.45, 2.75) is 39.9 Å². The second-order valence-electron chi connectivity index (χ2n) is 4.06. The summed E-state index contributed by atoms with van der Waals surface area (Å²) < 4.78 is 0. The number of aliphatic hydroxyl groups is 1. The van der Waals surface area contributed by atoms with Gasteiger partial charge in [0, 0.05) is 0 Å². The minimum Gasteiger partial charge on any atom is -0.391 e. The van der Waals surface area contributed by atoms with Gasteiger partial charge in [-0.3, -0.25) is 0 Å². The van der Waals surface area contributed by atoms with Crippen LogP contribution >= 0.6 is 0 Å². The van der Waals surface area contributed by atoms with E-state index in [1.807, 2.05) is 38.1 Å². The third kappa shape index (κ3) is 4.34. The average molecular weight is 239 g/mol. The summed E-state index contributed by atoms with van der Waals surface area (Å²) in [5, 5.41) is 10.8. The minimum atomic E-state index is -0.552. The molecule has 1 N–H and O–H groups in total. The van der Waals surface area contributed by atoms with Crippen LogP contribution in [-0.4, -0.2) is 23.9 Å². The molecule has 0 aromatic heterocycles. The minimum absolute atomic E-state index is 0.331. The van der Waals surface area contributed by atoms with E-state index in [0.29, 0.717) is 6.61 Å². The normalized spacial score (nSPS) is 14.4. The van der Waals surface area contributed by atoms with E-state index in [0.717, 1.165) is 5.69 Å². The molecule has 0 saturated heterocycles. The number of rotatable bonds is 6. The van der Waals surface area contributed by atoms with E-state index < -0.39 is 6.10 Å². The SMILES string of the molecule is CCON(OC(C)C(C)O)c1ccc(C)cc1. The molecular formula is C13H21NO3. The van der Waals surface area contributed by atoms with Crippen LogP contribution in [0.25, 0.3) is 0 Å². The zero-order valence-corrected chi connectivity index (χ0v) is 10.9. The highest BCUT2D eigenvalue weighted by Crippen LogP contribution is 2.17. The molecule has 0 bridgehead atoms.